The van der Waals surface area contributed by atoms with Gasteiger partial charge in [0.2, 0.25) is 0 Å². The van der Waals surface area contributed by atoms with Crippen molar-refractivity contribution in [2.24, 2.45) is 0 Å². The summed E-state index contributed by atoms with van der Waals surface area (Å²) in [5, 5.41) is 14.3. The molecule has 2 aromatic rings. The number of nitriles is 1. The molecule has 0 aromatic carbocycles. The van der Waals surface area contributed by atoms with Crippen LogP contribution in [0.3, 0.4) is 0 Å². The molecule has 1 fully saturated rings. The molecular weight excluding hydrogens is 358 g/mol. The standard InChI is InChI=1S/C21H25N3O2S/c1-15-11-17(16(2)24(15)14-19-5-3-9-26-19)12-18(13-22)21(25)23-8-7-20-6-4-10-27-20/h4,6,10-12,19H,3,5,7-9,14H2,1-2H3,(H,23,25)/b18-12+. The zero-order valence-corrected chi connectivity index (χ0v) is 16.6. The smallest absolute Gasteiger partial charge is 0.261 e. The van der Waals surface area contributed by atoms with Gasteiger partial charge in [-0.15, -0.1) is 11.3 Å². The highest BCUT2D eigenvalue weighted by atomic mass is 32.1. The number of aromatic nitrogens is 1. The van der Waals surface area contributed by atoms with E-state index in [1.54, 1.807) is 17.4 Å². The SMILES string of the molecule is Cc1cc(/C=C(\C#N)C(=O)NCCc2cccs2)c(C)n1CC1CCCO1. The van der Waals surface area contributed by atoms with Crippen LogP contribution in [0.15, 0.2) is 29.2 Å². The van der Waals surface area contributed by atoms with Crippen molar-refractivity contribution in [2.45, 2.75) is 45.8 Å². The third kappa shape index (κ3) is 4.88. The van der Waals surface area contributed by atoms with Crippen LogP contribution in [-0.4, -0.2) is 29.7 Å². The molecule has 1 saturated heterocycles. The summed E-state index contributed by atoms with van der Waals surface area (Å²) in [5.41, 5.74) is 3.22. The molecule has 3 heterocycles. The molecule has 1 unspecified atom stereocenters. The highest BCUT2D eigenvalue weighted by molar-refractivity contribution is 7.09. The quantitative estimate of drug-likeness (QED) is 0.587. The average Bonchev–Trinajstić information content (AvgIpc) is 3.39. The monoisotopic (exact) mass is 383 g/mol. The molecule has 27 heavy (non-hydrogen) atoms. The summed E-state index contributed by atoms with van der Waals surface area (Å²) in [6.07, 6.45) is 4.91. The summed E-state index contributed by atoms with van der Waals surface area (Å²) in [5.74, 6) is -0.321. The number of rotatable bonds is 7. The van der Waals surface area contributed by atoms with Gasteiger partial charge in [-0.05, 0) is 62.3 Å². The maximum Gasteiger partial charge on any atom is 0.261 e. The summed E-state index contributed by atoms with van der Waals surface area (Å²) in [6.45, 7) is 6.25. The van der Waals surface area contributed by atoms with Gasteiger partial charge >= 0.3 is 0 Å². The van der Waals surface area contributed by atoms with E-state index in [0.717, 1.165) is 49.4 Å². The van der Waals surface area contributed by atoms with Gasteiger partial charge in [0.25, 0.3) is 5.91 Å². The average molecular weight is 384 g/mol. The third-order valence-electron chi connectivity index (χ3n) is 4.92. The van der Waals surface area contributed by atoms with Gasteiger partial charge in [-0.25, -0.2) is 0 Å². The second-order valence-electron chi connectivity index (χ2n) is 6.83. The fourth-order valence-corrected chi connectivity index (χ4v) is 4.11. The molecule has 1 atom stereocenters. The number of hydrogen-bond acceptors (Lipinski definition) is 4. The number of carbonyl (C=O) groups excluding carboxylic acids is 1. The van der Waals surface area contributed by atoms with Crippen molar-refractivity contribution in [3.05, 3.63) is 51.0 Å². The first-order valence-electron chi connectivity index (χ1n) is 9.29. The van der Waals surface area contributed by atoms with Crippen LogP contribution < -0.4 is 5.32 Å². The second-order valence-corrected chi connectivity index (χ2v) is 7.86. The van der Waals surface area contributed by atoms with E-state index in [1.807, 2.05) is 43.5 Å². The number of nitrogens with one attached hydrogen (secondary N) is 1. The van der Waals surface area contributed by atoms with E-state index in [9.17, 15) is 10.1 Å². The van der Waals surface area contributed by atoms with Gasteiger partial charge in [0, 0.05) is 36.0 Å². The fraction of sp³-hybridized carbons (Fsp3) is 0.429. The predicted octanol–water partition coefficient (Wildman–Crippen LogP) is 3.61. The first-order chi connectivity index (χ1) is 13.1. The molecule has 142 valence electrons. The van der Waals surface area contributed by atoms with E-state index in [1.165, 1.54) is 4.88 Å². The van der Waals surface area contributed by atoms with Crippen molar-refractivity contribution >= 4 is 23.3 Å². The Bertz CT molecular complexity index is 853. The highest BCUT2D eigenvalue weighted by Gasteiger charge is 2.19. The minimum atomic E-state index is -0.321. The lowest BCUT2D eigenvalue weighted by Gasteiger charge is -2.14. The molecule has 3 rings (SSSR count). The van der Waals surface area contributed by atoms with Crippen LogP contribution in [0.4, 0.5) is 0 Å². The van der Waals surface area contributed by atoms with Crippen molar-refractivity contribution in [3.63, 3.8) is 0 Å². The zero-order chi connectivity index (χ0) is 19.2. The van der Waals surface area contributed by atoms with Gasteiger partial charge in [-0.1, -0.05) is 6.07 Å². The molecule has 2 aromatic heterocycles. The maximum atomic E-state index is 12.4. The molecule has 0 saturated carbocycles. The Hall–Kier alpha value is -2.36. The largest absolute Gasteiger partial charge is 0.376 e. The van der Waals surface area contributed by atoms with Crippen molar-refractivity contribution in [2.75, 3.05) is 13.2 Å². The van der Waals surface area contributed by atoms with Crippen molar-refractivity contribution in [1.82, 2.24) is 9.88 Å². The van der Waals surface area contributed by atoms with Crippen LogP contribution in [0, 0.1) is 25.2 Å². The van der Waals surface area contributed by atoms with E-state index in [2.05, 4.69) is 9.88 Å². The van der Waals surface area contributed by atoms with E-state index in [0.29, 0.717) is 6.54 Å². The molecule has 0 bridgehead atoms. The Labute approximate surface area is 164 Å². The zero-order valence-electron chi connectivity index (χ0n) is 15.8. The summed E-state index contributed by atoms with van der Waals surface area (Å²) in [7, 11) is 0. The molecule has 6 heteroatoms. The molecule has 0 aliphatic carbocycles. The lowest BCUT2D eigenvalue weighted by atomic mass is 10.1. The van der Waals surface area contributed by atoms with Crippen LogP contribution in [0.25, 0.3) is 6.08 Å². The number of nitrogens with zero attached hydrogens (tertiary/aromatic N) is 2. The van der Waals surface area contributed by atoms with Gasteiger partial charge in [-0.2, -0.15) is 5.26 Å². The van der Waals surface area contributed by atoms with Gasteiger partial charge in [-0.3, -0.25) is 4.79 Å². The molecular formula is C21H25N3O2S. The number of ether oxygens (including phenoxy) is 1. The fourth-order valence-electron chi connectivity index (χ4n) is 3.40. The Morgan fingerprint density at radius 3 is 3.04 bits per heavy atom. The number of hydrogen-bond donors (Lipinski definition) is 1. The van der Waals surface area contributed by atoms with Crippen LogP contribution >= 0.6 is 11.3 Å². The Balaban J connectivity index is 1.67. The van der Waals surface area contributed by atoms with E-state index < -0.39 is 0 Å². The van der Waals surface area contributed by atoms with E-state index >= 15 is 0 Å². The molecule has 1 aliphatic heterocycles. The Morgan fingerprint density at radius 2 is 2.37 bits per heavy atom. The van der Waals surface area contributed by atoms with Crippen LogP contribution in [-0.2, 0) is 22.5 Å². The van der Waals surface area contributed by atoms with Crippen LogP contribution in [0.2, 0.25) is 0 Å². The van der Waals surface area contributed by atoms with Crippen molar-refractivity contribution in [3.8, 4) is 6.07 Å². The molecule has 1 amide bonds. The topological polar surface area (TPSA) is 67.0 Å². The number of amides is 1. The highest BCUT2D eigenvalue weighted by Crippen LogP contribution is 2.22. The second kappa shape index (κ2) is 9.03. The minimum absolute atomic E-state index is 0.138. The van der Waals surface area contributed by atoms with Crippen molar-refractivity contribution in [1.29, 1.82) is 5.26 Å². The Kier molecular flexibility index (Phi) is 6.49. The summed E-state index contributed by atoms with van der Waals surface area (Å²) >= 11 is 1.67. The van der Waals surface area contributed by atoms with E-state index in [4.69, 9.17) is 4.74 Å². The van der Waals surface area contributed by atoms with Gasteiger partial charge in [0.15, 0.2) is 0 Å². The lowest BCUT2D eigenvalue weighted by Crippen LogP contribution is -2.26. The maximum absolute atomic E-state index is 12.4. The number of aryl methyl sites for hydroxylation is 1. The number of thiophene rings is 1. The molecule has 1 aliphatic rings. The van der Waals surface area contributed by atoms with Crippen LogP contribution in [0.1, 0.15) is 34.7 Å². The van der Waals surface area contributed by atoms with Gasteiger partial charge in [0.1, 0.15) is 11.6 Å². The number of carbonyl (C=O) groups is 1. The first-order valence-corrected chi connectivity index (χ1v) is 10.2. The first kappa shape index (κ1) is 19.4. The molecule has 0 radical (unpaired) electrons. The minimum Gasteiger partial charge on any atom is -0.376 e. The van der Waals surface area contributed by atoms with E-state index in [-0.39, 0.29) is 17.6 Å². The van der Waals surface area contributed by atoms with Crippen LogP contribution in [0.5, 0.6) is 0 Å². The molecule has 5 nitrogen and oxygen atoms in total. The van der Waals surface area contributed by atoms with Gasteiger partial charge < -0.3 is 14.6 Å². The lowest BCUT2D eigenvalue weighted by molar-refractivity contribution is -0.117. The summed E-state index contributed by atoms with van der Waals surface area (Å²) in [6, 6.07) is 8.11. The predicted molar refractivity (Wildman–Crippen MR) is 108 cm³/mol. The Morgan fingerprint density at radius 1 is 1.52 bits per heavy atom. The molecule has 0 spiro atoms. The van der Waals surface area contributed by atoms with Gasteiger partial charge in [0.05, 0.1) is 6.10 Å². The summed E-state index contributed by atoms with van der Waals surface area (Å²) in [4.78, 5) is 13.6. The third-order valence-corrected chi connectivity index (χ3v) is 5.86. The molecule has 1 N–H and O–H groups in total. The summed E-state index contributed by atoms with van der Waals surface area (Å²) < 4.78 is 7.95. The normalized spacial score (nSPS) is 17.1. The van der Waals surface area contributed by atoms with Crippen molar-refractivity contribution < 1.29 is 9.53 Å².